The molecule has 0 radical (unpaired) electrons. The molecular formula is C20H22F2N2O3. The summed E-state index contributed by atoms with van der Waals surface area (Å²) in [4.78, 5) is 25.0. The highest BCUT2D eigenvalue weighted by molar-refractivity contribution is 5.92. The number of anilines is 1. The maximum absolute atomic E-state index is 13.4. The fraction of sp³-hybridized carbons (Fsp3) is 0.300. The van der Waals surface area contributed by atoms with Gasteiger partial charge in [0.2, 0.25) is 11.8 Å². The molecule has 2 aromatic rings. The molecule has 0 aliphatic carbocycles. The van der Waals surface area contributed by atoms with Crippen LogP contribution in [0.25, 0.3) is 0 Å². The molecule has 0 fully saturated rings. The van der Waals surface area contributed by atoms with E-state index in [4.69, 9.17) is 4.74 Å². The van der Waals surface area contributed by atoms with Crippen molar-refractivity contribution in [1.29, 1.82) is 0 Å². The van der Waals surface area contributed by atoms with E-state index in [1.165, 1.54) is 17.9 Å². The van der Waals surface area contributed by atoms with E-state index in [-0.39, 0.29) is 30.5 Å². The third-order valence-corrected chi connectivity index (χ3v) is 4.03. The minimum Gasteiger partial charge on any atom is -0.497 e. The number of methoxy groups -OCH3 is 1. The fourth-order valence-electron chi connectivity index (χ4n) is 2.60. The largest absolute Gasteiger partial charge is 0.497 e. The lowest BCUT2D eigenvalue weighted by Gasteiger charge is -2.21. The topological polar surface area (TPSA) is 58.6 Å². The first kappa shape index (κ1) is 20.4. The molecule has 0 spiro atoms. The molecule has 2 rings (SSSR count). The van der Waals surface area contributed by atoms with Crippen molar-refractivity contribution in [1.82, 2.24) is 5.32 Å². The van der Waals surface area contributed by atoms with Gasteiger partial charge in [-0.15, -0.1) is 0 Å². The number of ether oxygens (including phenoxy) is 1. The Morgan fingerprint density at radius 1 is 1.11 bits per heavy atom. The van der Waals surface area contributed by atoms with E-state index < -0.39 is 11.6 Å². The first-order valence-corrected chi connectivity index (χ1v) is 8.53. The summed E-state index contributed by atoms with van der Waals surface area (Å²) in [6, 6.07) is 10.8. The SMILES string of the molecule is COc1cccc(CCNC(=O)CCN(C(C)=O)c2ccc(F)c(F)c2)c1. The summed E-state index contributed by atoms with van der Waals surface area (Å²) >= 11 is 0. The van der Waals surface area contributed by atoms with E-state index in [0.29, 0.717) is 13.0 Å². The number of rotatable bonds is 8. The van der Waals surface area contributed by atoms with Crippen molar-refractivity contribution in [2.24, 2.45) is 0 Å². The third kappa shape index (κ3) is 6.06. The van der Waals surface area contributed by atoms with E-state index in [1.54, 1.807) is 7.11 Å². The Hall–Kier alpha value is -2.96. The Labute approximate surface area is 156 Å². The van der Waals surface area contributed by atoms with Crippen LogP contribution in [0.15, 0.2) is 42.5 Å². The predicted octanol–water partition coefficient (Wildman–Crippen LogP) is 3.08. The Balaban J connectivity index is 1.84. The average molecular weight is 376 g/mol. The molecule has 0 saturated carbocycles. The van der Waals surface area contributed by atoms with Crippen LogP contribution in [0, 0.1) is 11.6 Å². The summed E-state index contributed by atoms with van der Waals surface area (Å²) in [6.07, 6.45) is 0.694. The van der Waals surface area contributed by atoms with Gasteiger partial charge in [0.1, 0.15) is 5.75 Å². The minimum absolute atomic E-state index is 0.0523. The van der Waals surface area contributed by atoms with Gasteiger partial charge >= 0.3 is 0 Å². The normalized spacial score (nSPS) is 10.4. The van der Waals surface area contributed by atoms with Crippen LogP contribution < -0.4 is 15.0 Å². The van der Waals surface area contributed by atoms with Gasteiger partial charge in [-0.1, -0.05) is 12.1 Å². The van der Waals surface area contributed by atoms with Gasteiger partial charge in [-0.05, 0) is 36.2 Å². The summed E-state index contributed by atoms with van der Waals surface area (Å²) in [5.74, 6) is -1.86. The molecule has 1 N–H and O–H groups in total. The van der Waals surface area contributed by atoms with Crippen LogP contribution in [-0.4, -0.2) is 32.0 Å². The number of carbonyl (C=O) groups is 2. The summed E-state index contributed by atoms with van der Waals surface area (Å²) in [5, 5.41) is 2.78. The van der Waals surface area contributed by atoms with Crippen LogP contribution in [0.2, 0.25) is 0 Å². The van der Waals surface area contributed by atoms with E-state index in [9.17, 15) is 18.4 Å². The van der Waals surface area contributed by atoms with Crippen LogP contribution in [-0.2, 0) is 16.0 Å². The number of benzene rings is 2. The lowest BCUT2D eigenvalue weighted by Crippen LogP contribution is -2.34. The Morgan fingerprint density at radius 2 is 1.89 bits per heavy atom. The standard InChI is InChI=1S/C20H22F2N2O3/c1-14(25)24(16-6-7-18(21)19(22)13-16)11-9-20(26)23-10-8-15-4-3-5-17(12-15)27-2/h3-7,12-13H,8-11H2,1-2H3,(H,23,26). The van der Waals surface area contributed by atoms with Crippen molar-refractivity contribution >= 4 is 17.5 Å². The molecule has 0 heterocycles. The molecule has 2 amide bonds. The molecule has 0 aliphatic rings. The lowest BCUT2D eigenvalue weighted by molar-refractivity contribution is -0.121. The number of amides is 2. The van der Waals surface area contributed by atoms with Gasteiger partial charge in [0.05, 0.1) is 7.11 Å². The number of hydrogen-bond donors (Lipinski definition) is 1. The third-order valence-electron chi connectivity index (χ3n) is 4.03. The number of nitrogens with one attached hydrogen (secondary N) is 1. The fourth-order valence-corrected chi connectivity index (χ4v) is 2.60. The second-order valence-corrected chi connectivity index (χ2v) is 5.97. The maximum Gasteiger partial charge on any atom is 0.223 e. The Morgan fingerprint density at radius 3 is 2.56 bits per heavy atom. The van der Waals surface area contributed by atoms with Crippen molar-refractivity contribution in [2.75, 3.05) is 25.1 Å². The van der Waals surface area contributed by atoms with Gasteiger partial charge in [-0.25, -0.2) is 8.78 Å². The van der Waals surface area contributed by atoms with Crippen molar-refractivity contribution in [3.8, 4) is 5.75 Å². The first-order valence-electron chi connectivity index (χ1n) is 8.53. The molecule has 0 aromatic heterocycles. The summed E-state index contributed by atoms with van der Waals surface area (Å²) in [5.41, 5.74) is 1.24. The van der Waals surface area contributed by atoms with Gasteiger partial charge in [-0.2, -0.15) is 0 Å². The molecule has 0 atom stereocenters. The molecule has 0 saturated heterocycles. The van der Waals surface area contributed by atoms with Crippen molar-refractivity contribution in [3.63, 3.8) is 0 Å². The smallest absolute Gasteiger partial charge is 0.223 e. The maximum atomic E-state index is 13.4. The second-order valence-electron chi connectivity index (χ2n) is 5.97. The molecule has 7 heteroatoms. The van der Waals surface area contributed by atoms with Gasteiger partial charge in [0.25, 0.3) is 0 Å². The molecule has 0 unspecified atom stereocenters. The number of halogens is 2. The van der Waals surface area contributed by atoms with Gasteiger partial charge in [0, 0.05) is 38.2 Å². The van der Waals surface area contributed by atoms with Crippen molar-refractivity contribution < 1.29 is 23.1 Å². The highest BCUT2D eigenvalue weighted by Gasteiger charge is 2.15. The second kappa shape index (κ2) is 9.66. The molecule has 2 aromatic carbocycles. The monoisotopic (exact) mass is 376 g/mol. The van der Waals surface area contributed by atoms with Crippen LogP contribution in [0.5, 0.6) is 5.75 Å². The van der Waals surface area contributed by atoms with Crippen molar-refractivity contribution in [3.05, 3.63) is 59.7 Å². The zero-order chi connectivity index (χ0) is 19.8. The van der Waals surface area contributed by atoms with E-state index in [1.807, 2.05) is 24.3 Å². The quantitative estimate of drug-likeness (QED) is 0.770. The van der Waals surface area contributed by atoms with E-state index in [2.05, 4.69) is 5.32 Å². The molecule has 27 heavy (non-hydrogen) atoms. The van der Waals surface area contributed by atoms with Gasteiger partial charge in [-0.3, -0.25) is 9.59 Å². The lowest BCUT2D eigenvalue weighted by atomic mass is 10.1. The molecule has 144 valence electrons. The van der Waals surface area contributed by atoms with Crippen LogP contribution in [0.3, 0.4) is 0 Å². The summed E-state index contributed by atoms with van der Waals surface area (Å²) in [6.45, 7) is 1.82. The zero-order valence-corrected chi connectivity index (χ0v) is 15.3. The van der Waals surface area contributed by atoms with E-state index >= 15 is 0 Å². The highest BCUT2D eigenvalue weighted by Crippen LogP contribution is 2.18. The molecule has 0 bridgehead atoms. The predicted molar refractivity (Wildman–Crippen MR) is 98.7 cm³/mol. The highest BCUT2D eigenvalue weighted by atomic mass is 19.2. The molecule has 0 aliphatic heterocycles. The van der Waals surface area contributed by atoms with Crippen molar-refractivity contribution in [2.45, 2.75) is 19.8 Å². The molecule has 5 nitrogen and oxygen atoms in total. The summed E-state index contributed by atoms with van der Waals surface area (Å²) in [7, 11) is 1.59. The number of hydrogen-bond acceptors (Lipinski definition) is 3. The van der Waals surface area contributed by atoms with Crippen LogP contribution in [0.1, 0.15) is 18.9 Å². The zero-order valence-electron chi connectivity index (χ0n) is 15.3. The minimum atomic E-state index is -1.04. The van der Waals surface area contributed by atoms with Gasteiger partial charge < -0.3 is 15.0 Å². The average Bonchev–Trinajstić information content (AvgIpc) is 2.64. The van der Waals surface area contributed by atoms with Crippen LogP contribution >= 0.6 is 0 Å². The first-order chi connectivity index (χ1) is 12.9. The molecular weight excluding hydrogens is 354 g/mol. The Bertz CT molecular complexity index is 812. The van der Waals surface area contributed by atoms with Gasteiger partial charge in [0.15, 0.2) is 11.6 Å². The number of carbonyl (C=O) groups excluding carboxylic acids is 2. The Kier molecular flexibility index (Phi) is 7.28. The summed E-state index contributed by atoms with van der Waals surface area (Å²) < 4.78 is 31.6. The van der Waals surface area contributed by atoms with E-state index in [0.717, 1.165) is 23.4 Å². The van der Waals surface area contributed by atoms with Crippen LogP contribution in [0.4, 0.5) is 14.5 Å². The number of nitrogens with zero attached hydrogens (tertiary/aromatic N) is 1.